The molecule has 7 nitrogen and oxygen atoms in total. The van der Waals surface area contributed by atoms with Crippen LogP contribution in [0.3, 0.4) is 0 Å². The molecule has 1 heterocycles. The molecule has 146 valence electrons. The van der Waals surface area contributed by atoms with Crippen LogP contribution in [-0.2, 0) is 9.53 Å². The highest BCUT2D eigenvalue weighted by molar-refractivity contribution is 7.22. The Morgan fingerprint density at radius 3 is 2.75 bits per heavy atom. The van der Waals surface area contributed by atoms with Crippen molar-refractivity contribution in [3.05, 3.63) is 47.5 Å². The van der Waals surface area contributed by atoms with Crippen LogP contribution in [0.4, 0.5) is 5.13 Å². The van der Waals surface area contributed by atoms with Gasteiger partial charge in [-0.3, -0.25) is 10.1 Å². The minimum absolute atomic E-state index is 0.277. The lowest BCUT2D eigenvalue weighted by molar-refractivity contribution is -0.119. The maximum absolute atomic E-state index is 12.3. The highest BCUT2D eigenvalue weighted by Crippen LogP contribution is 2.29. The quantitative estimate of drug-likeness (QED) is 0.607. The number of fused-ring (bicyclic) bond motifs is 1. The molecule has 0 fully saturated rings. The number of thiazole rings is 1. The van der Waals surface area contributed by atoms with Crippen LogP contribution in [0, 0.1) is 6.92 Å². The molecule has 1 N–H and O–H groups in total. The third-order valence-electron chi connectivity index (χ3n) is 3.83. The van der Waals surface area contributed by atoms with E-state index in [1.807, 2.05) is 38.1 Å². The fourth-order valence-corrected chi connectivity index (χ4v) is 3.47. The van der Waals surface area contributed by atoms with Gasteiger partial charge in [0.2, 0.25) is 0 Å². The predicted octanol–water partition coefficient (Wildman–Crippen LogP) is 3.81. The Morgan fingerprint density at radius 1 is 1.18 bits per heavy atom. The van der Waals surface area contributed by atoms with Gasteiger partial charge in [-0.2, -0.15) is 0 Å². The second-order valence-corrected chi connectivity index (χ2v) is 6.94. The lowest BCUT2D eigenvalue weighted by atomic mass is 10.1. The smallest absolute Gasteiger partial charge is 0.342 e. The predicted molar refractivity (Wildman–Crippen MR) is 107 cm³/mol. The Balaban J connectivity index is 1.62. The summed E-state index contributed by atoms with van der Waals surface area (Å²) >= 11 is 1.32. The number of benzene rings is 2. The molecule has 0 saturated heterocycles. The Morgan fingerprint density at radius 2 is 2.00 bits per heavy atom. The van der Waals surface area contributed by atoms with Gasteiger partial charge in [0.1, 0.15) is 17.1 Å². The molecule has 0 atom stereocenters. The van der Waals surface area contributed by atoms with E-state index in [1.165, 1.54) is 18.4 Å². The van der Waals surface area contributed by atoms with Gasteiger partial charge in [-0.05, 0) is 44.2 Å². The minimum atomic E-state index is -0.624. The fourth-order valence-electron chi connectivity index (χ4n) is 2.56. The van der Waals surface area contributed by atoms with Gasteiger partial charge < -0.3 is 14.2 Å². The van der Waals surface area contributed by atoms with Gasteiger partial charge in [0.05, 0.1) is 23.9 Å². The number of anilines is 1. The van der Waals surface area contributed by atoms with Crippen molar-refractivity contribution in [2.45, 2.75) is 13.8 Å². The van der Waals surface area contributed by atoms with E-state index >= 15 is 0 Å². The number of carbonyl (C=O) groups is 2. The first-order valence-electron chi connectivity index (χ1n) is 8.65. The van der Waals surface area contributed by atoms with Gasteiger partial charge in [0.15, 0.2) is 11.7 Å². The van der Waals surface area contributed by atoms with Crippen molar-refractivity contribution >= 4 is 38.6 Å². The molecule has 0 radical (unpaired) electrons. The molecular formula is C20H20N2O5S. The number of hydrogen-bond acceptors (Lipinski definition) is 7. The van der Waals surface area contributed by atoms with Crippen LogP contribution in [0.5, 0.6) is 11.5 Å². The fraction of sp³-hybridized carbons (Fsp3) is 0.250. The van der Waals surface area contributed by atoms with Crippen LogP contribution in [0.25, 0.3) is 10.2 Å². The van der Waals surface area contributed by atoms with Crippen LogP contribution >= 0.6 is 11.3 Å². The zero-order chi connectivity index (χ0) is 20.1. The van der Waals surface area contributed by atoms with E-state index in [2.05, 4.69) is 10.3 Å². The second kappa shape index (κ2) is 8.71. The van der Waals surface area contributed by atoms with E-state index in [0.29, 0.717) is 17.5 Å². The van der Waals surface area contributed by atoms with Crippen LogP contribution in [0.1, 0.15) is 22.8 Å². The molecule has 8 heteroatoms. The summed E-state index contributed by atoms with van der Waals surface area (Å²) in [6.07, 6.45) is 0. The SMILES string of the molecule is CCOc1ccc2nc(NC(=O)COC(=O)c3cc(C)ccc3OC)sc2c1. The van der Waals surface area contributed by atoms with Crippen molar-refractivity contribution in [3.8, 4) is 11.5 Å². The number of methoxy groups -OCH3 is 1. The van der Waals surface area contributed by atoms with Crippen LogP contribution in [0.15, 0.2) is 36.4 Å². The molecule has 1 aromatic heterocycles. The number of amides is 1. The summed E-state index contributed by atoms with van der Waals surface area (Å²) in [6.45, 7) is 3.92. The zero-order valence-corrected chi connectivity index (χ0v) is 16.6. The summed E-state index contributed by atoms with van der Waals surface area (Å²) in [5.41, 5.74) is 1.92. The molecular weight excluding hydrogens is 380 g/mol. The lowest BCUT2D eigenvalue weighted by Gasteiger charge is -2.09. The summed E-state index contributed by atoms with van der Waals surface area (Å²) in [7, 11) is 1.47. The van der Waals surface area contributed by atoms with Gasteiger partial charge in [0, 0.05) is 0 Å². The zero-order valence-electron chi connectivity index (χ0n) is 15.8. The van der Waals surface area contributed by atoms with E-state index < -0.39 is 18.5 Å². The first kappa shape index (κ1) is 19.6. The number of esters is 1. The van der Waals surface area contributed by atoms with Gasteiger partial charge in [-0.1, -0.05) is 23.0 Å². The van der Waals surface area contributed by atoms with E-state index in [-0.39, 0.29) is 5.56 Å². The molecule has 0 spiro atoms. The van der Waals surface area contributed by atoms with Crippen molar-refractivity contribution in [1.82, 2.24) is 4.98 Å². The minimum Gasteiger partial charge on any atom is -0.496 e. The number of aromatic nitrogens is 1. The molecule has 0 bridgehead atoms. The van der Waals surface area contributed by atoms with Crippen molar-refractivity contribution < 1.29 is 23.8 Å². The Hall–Kier alpha value is -3.13. The van der Waals surface area contributed by atoms with E-state index in [4.69, 9.17) is 14.2 Å². The van der Waals surface area contributed by atoms with Gasteiger partial charge >= 0.3 is 5.97 Å². The molecule has 3 aromatic rings. The number of aryl methyl sites for hydroxylation is 1. The molecule has 1 amide bonds. The average molecular weight is 400 g/mol. The molecule has 2 aromatic carbocycles. The molecule has 0 aliphatic rings. The van der Waals surface area contributed by atoms with Crippen LogP contribution < -0.4 is 14.8 Å². The third-order valence-corrected chi connectivity index (χ3v) is 4.76. The summed E-state index contributed by atoms with van der Waals surface area (Å²) in [4.78, 5) is 28.8. The Labute approximate surface area is 166 Å². The summed E-state index contributed by atoms with van der Waals surface area (Å²) in [5, 5.41) is 3.08. The number of carbonyl (C=O) groups excluding carboxylic acids is 2. The van der Waals surface area contributed by atoms with Crippen molar-refractivity contribution in [3.63, 3.8) is 0 Å². The van der Waals surface area contributed by atoms with Crippen LogP contribution in [-0.4, -0.2) is 37.2 Å². The topological polar surface area (TPSA) is 86.8 Å². The van der Waals surface area contributed by atoms with Crippen molar-refractivity contribution in [1.29, 1.82) is 0 Å². The average Bonchev–Trinajstić information content (AvgIpc) is 3.07. The second-order valence-electron chi connectivity index (χ2n) is 5.91. The summed E-state index contributed by atoms with van der Waals surface area (Å²) in [6, 6.07) is 10.7. The highest BCUT2D eigenvalue weighted by Gasteiger charge is 2.16. The Bertz CT molecular complexity index is 1010. The monoisotopic (exact) mass is 400 g/mol. The van der Waals surface area contributed by atoms with Crippen molar-refractivity contribution in [2.75, 3.05) is 25.6 Å². The van der Waals surface area contributed by atoms with Crippen molar-refractivity contribution in [2.24, 2.45) is 0 Å². The Kier molecular flexibility index (Phi) is 6.10. The lowest BCUT2D eigenvalue weighted by Crippen LogP contribution is -2.21. The number of ether oxygens (including phenoxy) is 3. The van der Waals surface area contributed by atoms with Crippen LogP contribution in [0.2, 0.25) is 0 Å². The first-order chi connectivity index (χ1) is 13.5. The molecule has 0 aliphatic heterocycles. The first-order valence-corrected chi connectivity index (χ1v) is 9.46. The van der Waals surface area contributed by atoms with Gasteiger partial charge in [-0.25, -0.2) is 9.78 Å². The number of hydrogen-bond donors (Lipinski definition) is 1. The molecule has 0 saturated carbocycles. The highest BCUT2D eigenvalue weighted by atomic mass is 32.1. The van der Waals surface area contributed by atoms with E-state index in [9.17, 15) is 9.59 Å². The number of nitrogens with one attached hydrogen (secondary N) is 1. The van der Waals surface area contributed by atoms with E-state index in [0.717, 1.165) is 21.5 Å². The largest absolute Gasteiger partial charge is 0.496 e. The maximum atomic E-state index is 12.3. The summed E-state index contributed by atoms with van der Waals surface area (Å²) < 4.78 is 16.6. The normalized spacial score (nSPS) is 10.5. The molecule has 28 heavy (non-hydrogen) atoms. The number of rotatable bonds is 7. The van der Waals surface area contributed by atoms with E-state index in [1.54, 1.807) is 12.1 Å². The van der Waals surface area contributed by atoms with Gasteiger partial charge in [-0.15, -0.1) is 0 Å². The summed E-state index contributed by atoms with van der Waals surface area (Å²) in [5.74, 6) is 0.0512. The van der Waals surface area contributed by atoms with Gasteiger partial charge in [0.25, 0.3) is 5.91 Å². The third kappa shape index (κ3) is 4.58. The maximum Gasteiger partial charge on any atom is 0.342 e. The standard InChI is InChI=1S/C20H20N2O5S/c1-4-26-13-6-7-15-17(10-13)28-20(21-15)22-18(23)11-27-19(24)14-9-12(2)5-8-16(14)25-3/h5-10H,4,11H2,1-3H3,(H,21,22,23). The molecule has 3 rings (SSSR count). The molecule has 0 aliphatic carbocycles. The number of nitrogens with zero attached hydrogens (tertiary/aromatic N) is 1. The molecule has 0 unspecified atom stereocenters.